The van der Waals surface area contributed by atoms with Crippen molar-refractivity contribution in [3.63, 3.8) is 0 Å². The number of halogens is 1. The van der Waals surface area contributed by atoms with Crippen molar-refractivity contribution in [1.82, 2.24) is 9.88 Å². The molecule has 0 unspecified atom stereocenters. The highest BCUT2D eigenvalue weighted by atomic mass is 35.5. The zero-order chi connectivity index (χ0) is 15.5. The van der Waals surface area contributed by atoms with Gasteiger partial charge in [0.1, 0.15) is 6.10 Å². The van der Waals surface area contributed by atoms with Gasteiger partial charge in [-0.3, -0.25) is 9.78 Å². The number of hydrogen-bond acceptors (Lipinski definition) is 3. The van der Waals surface area contributed by atoms with Crippen LogP contribution >= 0.6 is 11.6 Å². The van der Waals surface area contributed by atoms with Crippen LogP contribution in [0.25, 0.3) is 0 Å². The largest absolute Gasteiger partial charge is 0.370 e. The van der Waals surface area contributed by atoms with Crippen LogP contribution in [0, 0.1) is 0 Å². The standard InChI is InChI=1S/C17H17ClN2O2/c1-12-11-22-16(14-3-2-4-15(18)9-14)10-20(12)17(21)13-5-7-19-8-6-13/h2-9,12,16H,10-11H2,1H3/t12-,16-/m0/s1. The minimum absolute atomic E-state index is 0.00484. The molecule has 1 aromatic carbocycles. The normalized spacial score (nSPS) is 21.6. The molecule has 2 heterocycles. The zero-order valence-corrected chi connectivity index (χ0v) is 13.0. The van der Waals surface area contributed by atoms with Gasteiger partial charge in [-0.15, -0.1) is 0 Å². The van der Waals surface area contributed by atoms with Gasteiger partial charge in [-0.2, -0.15) is 0 Å². The zero-order valence-electron chi connectivity index (χ0n) is 12.3. The van der Waals surface area contributed by atoms with Gasteiger partial charge < -0.3 is 9.64 Å². The molecule has 1 aliphatic rings. The van der Waals surface area contributed by atoms with Gasteiger partial charge in [-0.25, -0.2) is 0 Å². The molecule has 0 bridgehead atoms. The maximum absolute atomic E-state index is 12.7. The van der Waals surface area contributed by atoms with Crippen LogP contribution < -0.4 is 0 Å². The van der Waals surface area contributed by atoms with E-state index in [1.54, 1.807) is 24.5 Å². The first-order chi connectivity index (χ1) is 10.6. The summed E-state index contributed by atoms with van der Waals surface area (Å²) >= 11 is 6.04. The molecule has 114 valence electrons. The number of benzene rings is 1. The van der Waals surface area contributed by atoms with E-state index in [-0.39, 0.29) is 18.1 Å². The molecule has 1 amide bonds. The number of morpholine rings is 1. The van der Waals surface area contributed by atoms with Crippen molar-refractivity contribution in [2.24, 2.45) is 0 Å². The van der Waals surface area contributed by atoms with Crippen LogP contribution in [0.15, 0.2) is 48.8 Å². The lowest BCUT2D eigenvalue weighted by molar-refractivity contribution is -0.0486. The lowest BCUT2D eigenvalue weighted by atomic mass is 10.1. The number of carbonyl (C=O) groups excluding carboxylic acids is 1. The average Bonchev–Trinajstić information content (AvgIpc) is 2.55. The van der Waals surface area contributed by atoms with Gasteiger partial charge in [0, 0.05) is 23.0 Å². The van der Waals surface area contributed by atoms with E-state index in [9.17, 15) is 4.79 Å². The molecule has 0 N–H and O–H groups in total. The summed E-state index contributed by atoms with van der Waals surface area (Å²) in [6.45, 7) is 3.02. The molecule has 2 atom stereocenters. The smallest absolute Gasteiger partial charge is 0.254 e. The molecule has 1 saturated heterocycles. The minimum Gasteiger partial charge on any atom is -0.370 e. The second-order valence-electron chi connectivity index (χ2n) is 5.42. The van der Waals surface area contributed by atoms with E-state index < -0.39 is 0 Å². The van der Waals surface area contributed by atoms with Gasteiger partial charge >= 0.3 is 0 Å². The number of pyridine rings is 1. The van der Waals surface area contributed by atoms with Crippen molar-refractivity contribution >= 4 is 17.5 Å². The predicted octanol–water partition coefficient (Wildman–Crippen LogP) is 3.34. The summed E-state index contributed by atoms with van der Waals surface area (Å²) in [6.07, 6.45) is 3.11. The first-order valence-electron chi connectivity index (χ1n) is 7.23. The molecule has 22 heavy (non-hydrogen) atoms. The van der Waals surface area contributed by atoms with Crippen molar-refractivity contribution in [2.45, 2.75) is 19.1 Å². The van der Waals surface area contributed by atoms with Crippen molar-refractivity contribution in [3.8, 4) is 0 Å². The van der Waals surface area contributed by atoms with Gasteiger partial charge in [0.2, 0.25) is 0 Å². The summed E-state index contributed by atoms with van der Waals surface area (Å²) in [4.78, 5) is 18.5. The Hall–Kier alpha value is -1.91. The van der Waals surface area contributed by atoms with E-state index in [4.69, 9.17) is 16.3 Å². The van der Waals surface area contributed by atoms with Gasteiger partial charge in [0.15, 0.2) is 0 Å². The number of amides is 1. The Morgan fingerprint density at radius 2 is 2.09 bits per heavy atom. The number of carbonyl (C=O) groups is 1. The van der Waals surface area contributed by atoms with E-state index in [1.807, 2.05) is 36.1 Å². The van der Waals surface area contributed by atoms with Crippen LogP contribution in [-0.2, 0) is 4.74 Å². The fourth-order valence-corrected chi connectivity index (χ4v) is 2.81. The third kappa shape index (κ3) is 3.13. The number of hydrogen-bond donors (Lipinski definition) is 0. The Labute approximate surface area is 134 Å². The number of aromatic nitrogens is 1. The predicted molar refractivity (Wildman–Crippen MR) is 84.9 cm³/mol. The molecule has 0 radical (unpaired) electrons. The molecular weight excluding hydrogens is 300 g/mol. The Morgan fingerprint density at radius 3 is 2.82 bits per heavy atom. The second kappa shape index (κ2) is 6.46. The SMILES string of the molecule is C[C@H]1CO[C@H](c2cccc(Cl)c2)CN1C(=O)c1ccncc1. The maximum Gasteiger partial charge on any atom is 0.254 e. The third-order valence-corrected chi connectivity index (χ3v) is 4.08. The number of ether oxygens (including phenoxy) is 1. The second-order valence-corrected chi connectivity index (χ2v) is 5.86. The van der Waals surface area contributed by atoms with Crippen LogP contribution in [0.1, 0.15) is 28.9 Å². The lowest BCUT2D eigenvalue weighted by Gasteiger charge is -2.38. The first-order valence-corrected chi connectivity index (χ1v) is 7.61. The average molecular weight is 317 g/mol. The summed E-state index contributed by atoms with van der Waals surface area (Å²) in [5.74, 6) is 0.00484. The van der Waals surface area contributed by atoms with Gasteiger partial charge in [-0.1, -0.05) is 23.7 Å². The Kier molecular flexibility index (Phi) is 4.41. The lowest BCUT2D eigenvalue weighted by Crippen LogP contribution is -2.48. The van der Waals surface area contributed by atoms with E-state index in [0.29, 0.717) is 23.7 Å². The molecule has 4 nitrogen and oxygen atoms in total. The highest BCUT2D eigenvalue weighted by molar-refractivity contribution is 6.30. The summed E-state index contributed by atoms with van der Waals surface area (Å²) in [5, 5.41) is 0.673. The number of nitrogens with zero attached hydrogens (tertiary/aromatic N) is 2. The summed E-state index contributed by atoms with van der Waals surface area (Å²) < 4.78 is 5.88. The van der Waals surface area contributed by atoms with E-state index in [0.717, 1.165) is 5.56 Å². The maximum atomic E-state index is 12.7. The van der Waals surface area contributed by atoms with Crippen molar-refractivity contribution in [1.29, 1.82) is 0 Å². The molecule has 1 aliphatic heterocycles. The van der Waals surface area contributed by atoms with E-state index in [2.05, 4.69) is 4.98 Å². The van der Waals surface area contributed by atoms with E-state index >= 15 is 0 Å². The quantitative estimate of drug-likeness (QED) is 0.853. The Bertz CT molecular complexity index is 663. The highest BCUT2D eigenvalue weighted by Crippen LogP contribution is 2.27. The molecular formula is C17H17ClN2O2. The van der Waals surface area contributed by atoms with Crippen molar-refractivity contribution in [2.75, 3.05) is 13.2 Å². The molecule has 2 aromatic rings. The topological polar surface area (TPSA) is 42.4 Å². The van der Waals surface area contributed by atoms with Gasteiger partial charge in [0.25, 0.3) is 5.91 Å². The molecule has 1 aromatic heterocycles. The monoisotopic (exact) mass is 316 g/mol. The molecule has 5 heteroatoms. The fourth-order valence-electron chi connectivity index (χ4n) is 2.61. The summed E-state index contributed by atoms with van der Waals surface area (Å²) in [5.41, 5.74) is 1.64. The molecule has 3 rings (SSSR count). The summed E-state index contributed by atoms with van der Waals surface area (Å²) in [7, 11) is 0. The van der Waals surface area contributed by atoms with Crippen LogP contribution in [0.3, 0.4) is 0 Å². The Morgan fingerprint density at radius 1 is 1.32 bits per heavy atom. The third-order valence-electron chi connectivity index (χ3n) is 3.84. The molecule has 0 aliphatic carbocycles. The van der Waals surface area contributed by atoms with Crippen LogP contribution in [0.5, 0.6) is 0 Å². The molecule has 0 saturated carbocycles. The van der Waals surface area contributed by atoms with Crippen molar-refractivity contribution < 1.29 is 9.53 Å². The fraction of sp³-hybridized carbons (Fsp3) is 0.294. The van der Waals surface area contributed by atoms with Crippen LogP contribution in [0.2, 0.25) is 5.02 Å². The van der Waals surface area contributed by atoms with Crippen molar-refractivity contribution in [3.05, 3.63) is 64.9 Å². The van der Waals surface area contributed by atoms with Gasteiger partial charge in [-0.05, 0) is 36.8 Å². The minimum atomic E-state index is -0.152. The highest BCUT2D eigenvalue weighted by Gasteiger charge is 2.31. The van der Waals surface area contributed by atoms with Crippen LogP contribution in [0.4, 0.5) is 0 Å². The Balaban J connectivity index is 1.81. The molecule has 1 fully saturated rings. The van der Waals surface area contributed by atoms with Gasteiger partial charge in [0.05, 0.1) is 19.2 Å². The molecule has 0 spiro atoms. The summed E-state index contributed by atoms with van der Waals surface area (Å²) in [6, 6.07) is 11.1. The van der Waals surface area contributed by atoms with Crippen LogP contribution in [-0.4, -0.2) is 35.0 Å². The van der Waals surface area contributed by atoms with E-state index in [1.165, 1.54) is 0 Å². The first kappa shape index (κ1) is 15.0. The number of rotatable bonds is 2.